The first-order valence-corrected chi connectivity index (χ1v) is 13.8. The quantitative estimate of drug-likeness (QED) is 0.273. The van der Waals surface area contributed by atoms with Crippen LogP contribution in [0, 0.1) is 13.8 Å². The molecule has 2 amide bonds. The number of aliphatic carboxylic acids is 2. The number of rotatable bonds is 11. The second-order valence-electron chi connectivity index (χ2n) is 10.5. The van der Waals surface area contributed by atoms with Gasteiger partial charge in [-0.15, -0.1) is 0 Å². The van der Waals surface area contributed by atoms with E-state index in [0.717, 1.165) is 27.8 Å². The van der Waals surface area contributed by atoms with Crippen molar-refractivity contribution in [3.05, 3.63) is 97.6 Å². The van der Waals surface area contributed by atoms with E-state index in [1.54, 1.807) is 13.0 Å². The van der Waals surface area contributed by atoms with Gasteiger partial charge in [-0.25, -0.2) is 4.99 Å². The largest absolute Gasteiger partial charge is 0.481 e. The first kappa shape index (κ1) is 30.7. The van der Waals surface area contributed by atoms with Crippen LogP contribution >= 0.6 is 0 Å². The Morgan fingerprint density at radius 1 is 0.767 bits per heavy atom. The number of hydrogen-bond donors (Lipinski definition) is 5. The zero-order valence-corrected chi connectivity index (χ0v) is 24.6. The molecule has 0 bridgehead atoms. The molecule has 2 aromatic rings. The highest BCUT2D eigenvalue weighted by Crippen LogP contribution is 2.27. The van der Waals surface area contributed by atoms with Crippen LogP contribution in [0.25, 0.3) is 18.2 Å². The number of carbonyl (C=O) groups is 4. The van der Waals surface area contributed by atoms with Crippen molar-refractivity contribution in [3.8, 4) is 0 Å². The van der Waals surface area contributed by atoms with Crippen LogP contribution < -0.4 is 16.0 Å². The molecule has 0 saturated heterocycles. The average molecular weight is 583 g/mol. The Morgan fingerprint density at radius 3 is 1.95 bits per heavy atom. The average Bonchev–Trinajstić information content (AvgIpc) is 3.58. The predicted octanol–water partition coefficient (Wildman–Crippen LogP) is 3.06. The predicted molar refractivity (Wildman–Crippen MR) is 165 cm³/mol. The zero-order valence-electron chi connectivity index (χ0n) is 24.6. The second-order valence-corrected chi connectivity index (χ2v) is 10.5. The molecule has 0 aromatic carbocycles. The lowest BCUT2D eigenvalue weighted by molar-refractivity contribution is -0.138. The molecule has 0 aliphatic carbocycles. The minimum atomic E-state index is -0.940. The highest BCUT2D eigenvalue weighted by atomic mass is 16.4. The van der Waals surface area contributed by atoms with Gasteiger partial charge in [0.25, 0.3) is 11.8 Å². The van der Waals surface area contributed by atoms with E-state index in [-0.39, 0.29) is 37.5 Å². The molecule has 0 spiro atoms. The summed E-state index contributed by atoms with van der Waals surface area (Å²) in [6.45, 7) is 14.8. The summed E-state index contributed by atoms with van der Waals surface area (Å²) in [4.78, 5) is 58.5. The maximum absolute atomic E-state index is 12.3. The number of H-pyrrole nitrogens is 2. The van der Waals surface area contributed by atoms with Crippen molar-refractivity contribution in [2.45, 2.75) is 53.4 Å². The van der Waals surface area contributed by atoms with Gasteiger partial charge in [-0.05, 0) is 92.2 Å². The van der Waals surface area contributed by atoms with Crippen LogP contribution in [0.4, 0.5) is 0 Å². The molecule has 2 aliphatic heterocycles. The molecule has 222 valence electrons. The summed E-state index contributed by atoms with van der Waals surface area (Å²) in [7, 11) is 0. The van der Waals surface area contributed by atoms with Gasteiger partial charge in [0.05, 0.1) is 5.71 Å². The van der Waals surface area contributed by atoms with Crippen LogP contribution in [0.5, 0.6) is 0 Å². The van der Waals surface area contributed by atoms with Crippen molar-refractivity contribution < 1.29 is 29.4 Å². The Morgan fingerprint density at radius 2 is 1.40 bits per heavy atom. The number of allylic oxidation sites excluding steroid dienone is 2. The van der Waals surface area contributed by atoms with Crippen LogP contribution in [0.1, 0.15) is 60.3 Å². The number of hydrogen-bond acceptors (Lipinski definition) is 4. The normalized spacial score (nSPS) is 16.9. The number of aromatic amines is 2. The van der Waals surface area contributed by atoms with Gasteiger partial charge in [-0.1, -0.05) is 25.3 Å². The minimum absolute atomic E-state index is 0.0917. The summed E-state index contributed by atoms with van der Waals surface area (Å²) < 4.78 is 0. The lowest BCUT2D eigenvalue weighted by atomic mass is 10.0. The Balaban J connectivity index is 1.91. The van der Waals surface area contributed by atoms with Crippen molar-refractivity contribution in [1.29, 1.82) is 0 Å². The van der Waals surface area contributed by atoms with E-state index in [2.05, 4.69) is 33.4 Å². The van der Waals surface area contributed by atoms with Crippen molar-refractivity contribution in [1.82, 2.24) is 15.3 Å². The topological polar surface area (TPSA) is 165 Å². The Labute approximate surface area is 248 Å². The van der Waals surface area contributed by atoms with Crippen LogP contribution in [-0.4, -0.2) is 49.6 Å². The van der Waals surface area contributed by atoms with E-state index in [1.165, 1.54) is 12.2 Å². The molecule has 0 saturated carbocycles. The Bertz CT molecular complexity index is 1860. The molecular weight excluding hydrogens is 548 g/mol. The second kappa shape index (κ2) is 12.3. The van der Waals surface area contributed by atoms with Gasteiger partial charge in [0.1, 0.15) is 0 Å². The standard InChI is InChI=1S/C33H34N4O6/c1-7-20-16(3)26(36-32(20)42)13-24-18(5)22(9-11-30(38)39)28(34-24)15-29-23(10-12-31(40)41)19(6)25(35-29)14-27-17(4)21(8-2)33(43)37-27/h7-8,13-15,34-35H,1-2,9-12H2,3-6H3,(H,36,42)(H,38,39)(H,40,41)/b25-14+,26-13+,29-15-. The number of carboxylic acids is 2. The van der Waals surface area contributed by atoms with E-state index in [0.29, 0.717) is 50.2 Å². The molecule has 10 nitrogen and oxygen atoms in total. The first-order valence-electron chi connectivity index (χ1n) is 13.8. The van der Waals surface area contributed by atoms with E-state index >= 15 is 0 Å². The van der Waals surface area contributed by atoms with Crippen LogP contribution in [0.2, 0.25) is 0 Å². The maximum atomic E-state index is 12.3. The molecule has 2 aromatic heterocycles. The smallest absolute Gasteiger partial charge is 0.303 e. The summed E-state index contributed by atoms with van der Waals surface area (Å²) in [5.74, 6) is -2.48. The number of nitrogens with one attached hydrogen (secondary N) is 3. The molecule has 0 unspecified atom stereocenters. The molecule has 0 fully saturated rings. The van der Waals surface area contributed by atoms with Gasteiger partial charge >= 0.3 is 11.9 Å². The van der Waals surface area contributed by atoms with Gasteiger partial charge in [-0.2, -0.15) is 0 Å². The molecule has 10 heteroatoms. The lowest BCUT2D eigenvalue weighted by Crippen LogP contribution is -2.15. The number of amides is 2. The van der Waals surface area contributed by atoms with Crippen LogP contribution in [0.3, 0.4) is 0 Å². The molecule has 4 heterocycles. The summed E-state index contributed by atoms with van der Waals surface area (Å²) in [5, 5.41) is 23.0. The van der Waals surface area contributed by atoms with Crippen molar-refractivity contribution in [3.63, 3.8) is 0 Å². The van der Waals surface area contributed by atoms with Gasteiger partial charge in [0.2, 0.25) is 0 Å². The van der Waals surface area contributed by atoms with Gasteiger partial charge < -0.3 is 25.5 Å². The molecule has 0 radical (unpaired) electrons. The molecular formula is C33H34N4O6. The fraction of sp³-hybridized carbons (Fsp3) is 0.242. The Hall–Kier alpha value is -5.25. The van der Waals surface area contributed by atoms with Gasteiger partial charge in [0.15, 0.2) is 0 Å². The van der Waals surface area contributed by atoms with Crippen LogP contribution in [-0.2, 0) is 32.0 Å². The fourth-order valence-electron chi connectivity index (χ4n) is 5.35. The summed E-state index contributed by atoms with van der Waals surface area (Å²) >= 11 is 0. The molecule has 0 atom stereocenters. The summed E-state index contributed by atoms with van der Waals surface area (Å²) in [6.07, 6.45) is 8.72. The van der Waals surface area contributed by atoms with E-state index < -0.39 is 11.9 Å². The molecule has 5 N–H and O–H groups in total. The van der Waals surface area contributed by atoms with E-state index in [9.17, 15) is 29.4 Å². The van der Waals surface area contributed by atoms with Crippen LogP contribution in [0.15, 0.2) is 58.3 Å². The summed E-state index contributed by atoms with van der Waals surface area (Å²) in [6, 6.07) is 0. The number of nitrogens with zero attached hydrogens (tertiary/aromatic N) is 1. The highest BCUT2D eigenvalue weighted by molar-refractivity contribution is 6.31. The molecule has 43 heavy (non-hydrogen) atoms. The number of carboxylic acid groups (broad SMARTS) is 2. The van der Waals surface area contributed by atoms with Gasteiger partial charge in [-0.3, -0.25) is 19.2 Å². The lowest BCUT2D eigenvalue weighted by Gasteiger charge is -2.02. The van der Waals surface area contributed by atoms with Crippen molar-refractivity contribution in [2.24, 2.45) is 4.99 Å². The first-order chi connectivity index (χ1) is 20.4. The number of carbonyl (C=O) groups excluding carboxylic acids is 2. The third kappa shape index (κ3) is 6.18. The van der Waals surface area contributed by atoms with E-state index in [1.807, 2.05) is 32.9 Å². The third-order valence-corrected chi connectivity index (χ3v) is 7.89. The summed E-state index contributed by atoms with van der Waals surface area (Å²) in [5.41, 5.74) is 8.03. The maximum Gasteiger partial charge on any atom is 0.303 e. The van der Waals surface area contributed by atoms with Crippen molar-refractivity contribution in [2.75, 3.05) is 0 Å². The number of aromatic nitrogens is 2. The highest BCUT2D eigenvalue weighted by Gasteiger charge is 2.23. The monoisotopic (exact) mass is 582 g/mol. The Kier molecular flexibility index (Phi) is 8.80. The fourth-order valence-corrected chi connectivity index (χ4v) is 5.35. The van der Waals surface area contributed by atoms with E-state index in [4.69, 9.17) is 0 Å². The SMILES string of the molecule is C=CC1=C(C)C(/C=c2/[nH]/c(=C\c3[nH]c(/C=C4/NC(=O)C(C=C)=C4C)c(C)c3CCC(=O)O)c(CCC(=O)O)c2C)=NC1=O. The molecule has 2 aliphatic rings. The third-order valence-electron chi connectivity index (χ3n) is 7.89. The molecule has 4 rings (SSSR count). The van der Waals surface area contributed by atoms with Crippen molar-refractivity contribution >= 4 is 47.7 Å². The number of aliphatic imine (C=N–C) groups is 1. The van der Waals surface area contributed by atoms with Gasteiger partial charge in [0, 0.05) is 51.8 Å². The minimum Gasteiger partial charge on any atom is -0.481 e. The zero-order chi connectivity index (χ0) is 31.6.